The lowest BCUT2D eigenvalue weighted by Crippen LogP contribution is -2.32. The van der Waals surface area contributed by atoms with Gasteiger partial charge in [0.2, 0.25) is 0 Å². The average molecular weight is 276 g/mol. The first-order valence-corrected chi connectivity index (χ1v) is 6.83. The quantitative estimate of drug-likeness (QED) is 0.905. The molecule has 0 spiro atoms. The van der Waals surface area contributed by atoms with Crippen molar-refractivity contribution < 1.29 is 13.9 Å². The van der Waals surface area contributed by atoms with Crippen molar-refractivity contribution in [1.29, 1.82) is 0 Å². The number of aromatic nitrogens is 1. The lowest BCUT2D eigenvalue weighted by molar-refractivity contribution is 0.0858. The number of H-pyrrole nitrogens is 1. The van der Waals surface area contributed by atoms with E-state index in [1.165, 1.54) is 6.07 Å². The number of carbonyl (C=O) groups is 1. The normalized spacial score (nSPS) is 18.6. The predicted molar refractivity (Wildman–Crippen MR) is 74.3 cm³/mol. The number of para-hydroxylation sites is 1. The van der Waals surface area contributed by atoms with Gasteiger partial charge in [-0.05, 0) is 25.8 Å². The van der Waals surface area contributed by atoms with E-state index in [1.54, 1.807) is 19.1 Å². The molecule has 4 nitrogen and oxygen atoms in total. The zero-order valence-corrected chi connectivity index (χ0v) is 11.3. The molecule has 1 fully saturated rings. The van der Waals surface area contributed by atoms with E-state index in [0.29, 0.717) is 28.7 Å². The molecule has 106 valence electrons. The summed E-state index contributed by atoms with van der Waals surface area (Å²) in [6, 6.07) is 4.75. The SMILES string of the molecule is Cc1[nH]c2c(F)cccc2c1C(=O)NCC1CCCO1. The zero-order chi connectivity index (χ0) is 14.1. The van der Waals surface area contributed by atoms with E-state index in [9.17, 15) is 9.18 Å². The van der Waals surface area contributed by atoms with E-state index in [-0.39, 0.29) is 17.8 Å². The molecule has 1 saturated heterocycles. The van der Waals surface area contributed by atoms with Crippen molar-refractivity contribution in [1.82, 2.24) is 10.3 Å². The van der Waals surface area contributed by atoms with Crippen molar-refractivity contribution in [3.8, 4) is 0 Å². The Labute approximate surface area is 116 Å². The molecular weight excluding hydrogens is 259 g/mol. The monoisotopic (exact) mass is 276 g/mol. The van der Waals surface area contributed by atoms with E-state index >= 15 is 0 Å². The first-order chi connectivity index (χ1) is 9.66. The Morgan fingerprint density at radius 1 is 1.55 bits per heavy atom. The molecule has 2 N–H and O–H groups in total. The second-order valence-corrected chi connectivity index (χ2v) is 5.13. The van der Waals surface area contributed by atoms with Crippen LogP contribution in [0.2, 0.25) is 0 Å². The van der Waals surface area contributed by atoms with Crippen molar-refractivity contribution in [2.24, 2.45) is 0 Å². The number of rotatable bonds is 3. The lowest BCUT2D eigenvalue weighted by Gasteiger charge is -2.10. The van der Waals surface area contributed by atoms with Gasteiger partial charge in [0, 0.05) is 24.2 Å². The molecule has 1 atom stereocenters. The van der Waals surface area contributed by atoms with Crippen LogP contribution in [0.4, 0.5) is 4.39 Å². The number of hydrogen-bond acceptors (Lipinski definition) is 2. The fourth-order valence-corrected chi connectivity index (χ4v) is 2.70. The molecule has 20 heavy (non-hydrogen) atoms. The molecule has 2 heterocycles. The van der Waals surface area contributed by atoms with Crippen molar-refractivity contribution in [2.75, 3.05) is 13.2 Å². The number of ether oxygens (including phenoxy) is 1. The first-order valence-electron chi connectivity index (χ1n) is 6.83. The summed E-state index contributed by atoms with van der Waals surface area (Å²) in [5.74, 6) is -0.529. The number of aryl methyl sites for hydroxylation is 1. The van der Waals surface area contributed by atoms with Crippen LogP contribution in [0, 0.1) is 12.7 Å². The van der Waals surface area contributed by atoms with Crippen molar-refractivity contribution in [3.05, 3.63) is 35.3 Å². The summed E-state index contributed by atoms with van der Waals surface area (Å²) in [6.07, 6.45) is 2.11. The molecule has 0 radical (unpaired) electrons. The zero-order valence-electron chi connectivity index (χ0n) is 11.3. The number of hydrogen-bond donors (Lipinski definition) is 2. The van der Waals surface area contributed by atoms with Gasteiger partial charge in [0.05, 0.1) is 17.2 Å². The van der Waals surface area contributed by atoms with Crippen LogP contribution in [0.1, 0.15) is 28.9 Å². The van der Waals surface area contributed by atoms with Crippen LogP contribution in [0.15, 0.2) is 18.2 Å². The molecule has 0 bridgehead atoms. The minimum absolute atomic E-state index is 0.0983. The fraction of sp³-hybridized carbons (Fsp3) is 0.400. The highest BCUT2D eigenvalue weighted by molar-refractivity contribution is 6.08. The summed E-state index contributed by atoms with van der Waals surface area (Å²) in [4.78, 5) is 15.2. The largest absolute Gasteiger partial charge is 0.376 e. The Kier molecular flexibility index (Phi) is 3.44. The van der Waals surface area contributed by atoms with Gasteiger partial charge in [0.15, 0.2) is 0 Å². The van der Waals surface area contributed by atoms with Gasteiger partial charge in [-0.1, -0.05) is 12.1 Å². The number of carbonyl (C=O) groups excluding carboxylic acids is 1. The molecule has 1 aliphatic heterocycles. The smallest absolute Gasteiger partial charge is 0.253 e. The molecular formula is C15H17FN2O2. The Bertz CT molecular complexity index is 645. The van der Waals surface area contributed by atoms with Crippen LogP contribution >= 0.6 is 0 Å². The van der Waals surface area contributed by atoms with Crippen LogP contribution in [0.5, 0.6) is 0 Å². The molecule has 2 aromatic rings. The Morgan fingerprint density at radius 2 is 2.40 bits per heavy atom. The Balaban J connectivity index is 1.83. The van der Waals surface area contributed by atoms with Crippen molar-refractivity contribution in [2.45, 2.75) is 25.9 Å². The predicted octanol–water partition coefficient (Wildman–Crippen LogP) is 2.52. The van der Waals surface area contributed by atoms with Gasteiger partial charge in [-0.2, -0.15) is 0 Å². The summed E-state index contributed by atoms with van der Waals surface area (Å²) < 4.78 is 19.2. The van der Waals surface area contributed by atoms with E-state index < -0.39 is 0 Å². The average Bonchev–Trinajstić information content (AvgIpc) is 3.04. The molecule has 1 aliphatic rings. The maximum Gasteiger partial charge on any atom is 0.253 e. The number of benzene rings is 1. The third-order valence-corrected chi connectivity index (χ3v) is 3.71. The van der Waals surface area contributed by atoms with E-state index in [2.05, 4.69) is 10.3 Å². The van der Waals surface area contributed by atoms with Crippen LogP contribution in [0.25, 0.3) is 10.9 Å². The number of nitrogens with one attached hydrogen (secondary N) is 2. The fourth-order valence-electron chi connectivity index (χ4n) is 2.70. The molecule has 1 aromatic heterocycles. The molecule has 0 saturated carbocycles. The van der Waals surface area contributed by atoms with Crippen LogP contribution in [-0.2, 0) is 4.74 Å². The highest BCUT2D eigenvalue weighted by atomic mass is 19.1. The van der Waals surface area contributed by atoms with Gasteiger partial charge < -0.3 is 15.0 Å². The maximum absolute atomic E-state index is 13.7. The molecule has 1 aromatic carbocycles. The number of aromatic amines is 1. The van der Waals surface area contributed by atoms with Gasteiger partial charge in [0.1, 0.15) is 5.82 Å². The molecule has 1 amide bonds. The highest BCUT2D eigenvalue weighted by Gasteiger charge is 2.20. The second-order valence-electron chi connectivity index (χ2n) is 5.13. The van der Waals surface area contributed by atoms with Gasteiger partial charge >= 0.3 is 0 Å². The van der Waals surface area contributed by atoms with E-state index in [4.69, 9.17) is 4.74 Å². The Hall–Kier alpha value is -1.88. The van der Waals surface area contributed by atoms with Crippen LogP contribution in [0.3, 0.4) is 0 Å². The van der Waals surface area contributed by atoms with E-state index in [0.717, 1.165) is 19.4 Å². The standard InChI is InChI=1S/C15H17FN2O2/c1-9-13(11-5-2-6-12(16)14(11)18-9)15(19)17-8-10-4-3-7-20-10/h2,5-6,10,18H,3-4,7-8H2,1H3,(H,17,19). The number of amides is 1. The summed E-state index contributed by atoms with van der Waals surface area (Å²) in [5, 5.41) is 3.49. The Morgan fingerprint density at radius 3 is 3.15 bits per heavy atom. The molecule has 3 rings (SSSR count). The third-order valence-electron chi connectivity index (χ3n) is 3.71. The third kappa shape index (κ3) is 2.29. The minimum atomic E-state index is -0.344. The van der Waals surface area contributed by atoms with Crippen LogP contribution in [-0.4, -0.2) is 30.1 Å². The summed E-state index contributed by atoms with van der Waals surface area (Å²) in [6.45, 7) is 3.04. The van der Waals surface area contributed by atoms with Gasteiger partial charge in [-0.25, -0.2) is 4.39 Å². The van der Waals surface area contributed by atoms with Gasteiger partial charge in [-0.3, -0.25) is 4.79 Å². The highest BCUT2D eigenvalue weighted by Crippen LogP contribution is 2.24. The van der Waals surface area contributed by atoms with Gasteiger partial charge in [0.25, 0.3) is 5.91 Å². The van der Waals surface area contributed by atoms with Crippen molar-refractivity contribution in [3.63, 3.8) is 0 Å². The molecule has 1 unspecified atom stereocenters. The first kappa shape index (κ1) is 13.1. The van der Waals surface area contributed by atoms with Gasteiger partial charge in [-0.15, -0.1) is 0 Å². The molecule has 0 aliphatic carbocycles. The summed E-state index contributed by atoms with van der Waals surface area (Å²) in [5.41, 5.74) is 1.57. The second kappa shape index (κ2) is 5.25. The minimum Gasteiger partial charge on any atom is -0.376 e. The van der Waals surface area contributed by atoms with Crippen LogP contribution < -0.4 is 5.32 Å². The number of halogens is 1. The summed E-state index contributed by atoms with van der Waals surface area (Å²) in [7, 11) is 0. The topological polar surface area (TPSA) is 54.1 Å². The lowest BCUT2D eigenvalue weighted by atomic mass is 10.1. The molecule has 5 heteroatoms. The summed E-state index contributed by atoms with van der Waals surface area (Å²) >= 11 is 0. The number of fused-ring (bicyclic) bond motifs is 1. The maximum atomic E-state index is 13.7. The van der Waals surface area contributed by atoms with E-state index in [1.807, 2.05) is 0 Å². The van der Waals surface area contributed by atoms with Crippen molar-refractivity contribution >= 4 is 16.8 Å².